The van der Waals surface area contributed by atoms with Crippen molar-refractivity contribution in [3.8, 4) is 0 Å². The van der Waals surface area contributed by atoms with Crippen LogP contribution in [0.3, 0.4) is 0 Å². The number of rotatable bonds is 3. The standard InChI is InChI=1S/C11H15N3O2S/c1-7(9-12-4-5-17-9)6-14-10(15)8(2)13(3)11(14)16/h4-5,7-8H,6H2,1-3H3/t7?,8-/m0/s1. The van der Waals surface area contributed by atoms with Gasteiger partial charge in [0.25, 0.3) is 5.91 Å². The van der Waals surface area contributed by atoms with Gasteiger partial charge in [0.15, 0.2) is 0 Å². The van der Waals surface area contributed by atoms with Gasteiger partial charge in [0.1, 0.15) is 6.04 Å². The van der Waals surface area contributed by atoms with Gasteiger partial charge in [-0.25, -0.2) is 9.78 Å². The van der Waals surface area contributed by atoms with E-state index in [-0.39, 0.29) is 23.9 Å². The Morgan fingerprint density at radius 2 is 2.24 bits per heavy atom. The summed E-state index contributed by atoms with van der Waals surface area (Å²) in [4.78, 5) is 30.7. The number of imide groups is 1. The lowest BCUT2D eigenvalue weighted by atomic mass is 10.2. The minimum absolute atomic E-state index is 0.0848. The summed E-state index contributed by atoms with van der Waals surface area (Å²) in [6.07, 6.45) is 1.73. The van der Waals surface area contributed by atoms with Crippen LogP contribution in [0.15, 0.2) is 11.6 Å². The summed E-state index contributed by atoms with van der Waals surface area (Å²) < 4.78 is 0. The van der Waals surface area contributed by atoms with Crippen LogP contribution in [-0.2, 0) is 4.79 Å². The van der Waals surface area contributed by atoms with Crippen LogP contribution in [0.25, 0.3) is 0 Å². The van der Waals surface area contributed by atoms with E-state index in [9.17, 15) is 9.59 Å². The molecule has 1 aromatic heterocycles. The molecule has 0 aliphatic carbocycles. The van der Waals surface area contributed by atoms with E-state index >= 15 is 0 Å². The van der Waals surface area contributed by atoms with Crippen molar-refractivity contribution >= 4 is 23.3 Å². The fourth-order valence-electron chi connectivity index (χ4n) is 1.84. The third-order valence-corrected chi connectivity index (χ3v) is 4.07. The molecule has 3 amide bonds. The Balaban J connectivity index is 2.09. The Morgan fingerprint density at radius 1 is 1.53 bits per heavy atom. The smallest absolute Gasteiger partial charge is 0.316 e. The van der Waals surface area contributed by atoms with Gasteiger partial charge in [0.2, 0.25) is 0 Å². The van der Waals surface area contributed by atoms with Crippen molar-refractivity contribution in [2.75, 3.05) is 13.6 Å². The van der Waals surface area contributed by atoms with Crippen LogP contribution in [0.4, 0.5) is 4.79 Å². The summed E-state index contributed by atoms with van der Waals surface area (Å²) in [5, 5.41) is 2.85. The number of amides is 3. The monoisotopic (exact) mass is 253 g/mol. The van der Waals surface area contributed by atoms with E-state index in [1.165, 1.54) is 9.80 Å². The molecule has 1 fully saturated rings. The maximum absolute atomic E-state index is 11.9. The number of aromatic nitrogens is 1. The normalized spacial score (nSPS) is 22.4. The Kier molecular flexibility index (Phi) is 3.15. The maximum atomic E-state index is 11.9. The van der Waals surface area contributed by atoms with E-state index in [1.807, 2.05) is 12.3 Å². The first-order valence-electron chi connectivity index (χ1n) is 5.50. The highest BCUT2D eigenvalue weighted by atomic mass is 32.1. The fourth-order valence-corrected chi connectivity index (χ4v) is 2.53. The Bertz CT molecular complexity index is 412. The van der Waals surface area contributed by atoms with Crippen molar-refractivity contribution in [1.82, 2.24) is 14.8 Å². The van der Waals surface area contributed by atoms with Crippen molar-refractivity contribution in [1.29, 1.82) is 0 Å². The minimum Gasteiger partial charge on any atom is -0.316 e. The third kappa shape index (κ3) is 2.04. The van der Waals surface area contributed by atoms with Crippen LogP contribution in [-0.4, -0.2) is 46.4 Å². The van der Waals surface area contributed by atoms with E-state index in [1.54, 1.807) is 31.5 Å². The van der Waals surface area contributed by atoms with Crippen LogP contribution in [0.5, 0.6) is 0 Å². The number of urea groups is 1. The molecular formula is C11H15N3O2S. The molecule has 5 nitrogen and oxygen atoms in total. The molecule has 1 aliphatic rings. The second-order valence-electron chi connectivity index (χ2n) is 4.29. The quantitative estimate of drug-likeness (QED) is 0.768. The third-order valence-electron chi connectivity index (χ3n) is 3.07. The Morgan fingerprint density at radius 3 is 2.71 bits per heavy atom. The van der Waals surface area contributed by atoms with Gasteiger partial charge >= 0.3 is 6.03 Å². The van der Waals surface area contributed by atoms with Crippen LogP contribution < -0.4 is 0 Å². The second kappa shape index (κ2) is 4.44. The summed E-state index contributed by atoms with van der Waals surface area (Å²) in [5.74, 6) is -0.0393. The van der Waals surface area contributed by atoms with Crippen molar-refractivity contribution in [2.45, 2.75) is 25.8 Å². The average Bonchev–Trinajstić information content (AvgIpc) is 2.90. The highest BCUT2D eigenvalue weighted by Crippen LogP contribution is 2.23. The van der Waals surface area contributed by atoms with Crippen molar-refractivity contribution in [3.63, 3.8) is 0 Å². The summed E-state index contributed by atoms with van der Waals surface area (Å²) in [7, 11) is 1.65. The SMILES string of the molecule is CC(CN1C(=O)[C@H](C)N(C)C1=O)c1nccs1. The molecular weight excluding hydrogens is 238 g/mol. The van der Waals surface area contributed by atoms with E-state index in [0.717, 1.165) is 5.01 Å². The molecule has 6 heteroatoms. The molecule has 0 N–H and O–H groups in total. The second-order valence-corrected chi connectivity index (χ2v) is 5.22. The molecule has 0 aromatic carbocycles. The van der Waals surface area contributed by atoms with Gasteiger partial charge < -0.3 is 4.90 Å². The van der Waals surface area contributed by atoms with Gasteiger partial charge in [-0.2, -0.15) is 0 Å². The zero-order valence-corrected chi connectivity index (χ0v) is 10.9. The van der Waals surface area contributed by atoms with Crippen molar-refractivity contribution in [2.24, 2.45) is 0 Å². The lowest BCUT2D eigenvalue weighted by molar-refractivity contribution is -0.127. The number of likely N-dealkylation sites (N-methyl/N-ethyl adjacent to an activating group) is 1. The fraction of sp³-hybridized carbons (Fsp3) is 0.545. The number of carbonyl (C=O) groups excluding carboxylic acids is 2. The van der Waals surface area contributed by atoms with Crippen LogP contribution >= 0.6 is 11.3 Å². The van der Waals surface area contributed by atoms with E-state index in [2.05, 4.69) is 4.98 Å². The summed E-state index contributed by atoms with van der Waals surface area (Å²) in [6, 6.07) is -0.572. The van der Waals surface area contributed by atoms with Gasteiger partial charge in [-0.15, -0.1) is 11.3 Å². The molecule has 2 rings (SSSR count). The molecule has 0 radical (unpaired) electrons. The van der Waals surface area contributed by atoms with Crippen LogP contribution in [0.1, 0.15) is 24.8 Å². The van der Waals surface area contributed by atoms with E-state index in [0.29, 0.717) is 6.54 Å². The van der Waals surface area contributed by atoms with Gasteiger partial charge in [-0.1, -0.05) is 6.92 Å². The van der Waals surface area contributed by atoms with E-state index in [4.69, 9.17) is 0 Å². The predicted molar refractivity (Wildman–Crippen MR) is 64.9 cm³/mol. The van der Waals surface area contributed by atoms with Crippen molar-refractivity contribution in [3.05, 3.63) is 16.6 Å². The van der Waals surface area contributed by atoms with Gasteiger partial charge in [-0.05, 0) is 6.92 Å². The first kappa shape index (κ1) is 12.0. The van der Waals surface area contributed by atoms with Gasteiger partial charge in [0, 0.05) is 31.1 Å². The molecule has 92 valence electrons. The Hall–Kier alpha value is -1.43. The summed E-state index contributed by atoms with van der Waals surface area (Å²) in [6.45, 7) is 4.12. The van der Waals surface area contributed by atoms with Crippen LogP contribution in [0, 0.1) is 0 Å². The molecule has 1 unspecified atom stereocenters. The van der Waals surface area contributed by atoms with Crippen LogP contribution in [0.2, 0.25) is 0 Å². The molecule has 1 aromatic rings. The molecule has 1 saturated heterocycles. The minimum atomic E-state index is -0.356. The largest absolute Gasteiger partial charge is 0.327 e. The molecule has 1 aliphatic heterocycles. The molecule has 2 atom stereocenters. The zero-order valence-electron chi connectivity index (χ0n) is 10.1. The predicted octanol–water partition coefficient (Wildman–Crippen LogP) is 1.53. The van der Waals surface area contributed by atoms with E-state index < -0.39 is 0 Å². The molecule has 0 bridgehead atoms. The topological polar surface area (TPSA) is 53.5 Å². The first-order chi connectivity index (χ1) is 8.02. The number of hydrogen-bond acceptors (Lipinski definition) is 4. The molecule has 0 saturated carbocycles. The first-order valence-corrected chi connectivity index (χ1v) is 6.38. The number of hydrogen-bond donors (Lipinski definition) is 0. The maximum Gasteiger partial charge on any atom is 0.327 e. The highest BCUT2D eigenvalue weighted by Gasteiger charge is 2.40. The molecule has 17 heavy (non-hydrogen) atoms. The van der Waals surface area contributed by atoms with Gasteiger partial charge in [-0.3, -0.25) is 9.69 Å². The highest BCUT2D eigenvalue weighted by molar-refractivity contribution is 7.09. The average molecular weight is 253 g/mol. The number of thiazole rings is 1. The summed E-state index contributed by atoms with van der Waals surface area (Å²) >= 11 is 1.54. The summed E-state index contributed by atoms with van der Waals surface area (Å²) in [5.41, 5.74) is 0. The number of nitrogens with zero attached hydrogens (tertiary/aromatic N) is 3. The van der Waals surface area contributed by atoms with Gasteiger partial charge in [0.05, 0.1) is 5.01 Å². The lowest BCUT2D eigenvalue weighted by Crippen LogP contribution is -2.34. The molecule has 2 heterocycles. The van der Waals surface area contributed by atoms with Crippen molar-refractivity contribution < 1.29 is 9.59 Å². The lowest BCUT2D eigenvalue weighted by Gasteiger charge is -2.17. The molecule has 0 spiro atoms. The Labute approximate surface area is 104 Å². The number of carbonyl (C=O) groups is 2. The zero-order chi connectivity index (χ0) is 12.6.